The molecule has 24 aromatic rings. The van der Waals surface area contributed by atoms with Crippen molar-refractivity contribution in [2.45, 2.75) is 6.42 Å². The third-order valence-corrected chi connectivity index (χ3v) is 22.5. The number of rotatable bonds is 4. The van der Waals surface area contributed by atoms with Crippen LogP contribution in [0.15, 0.2) is 359 Å². The molecule has 17 aromatic carbocycles. The molecule has 0 fully saturated rings. The third kappa shape index (κ3) is 11.2. The summed E-state index contributed by atoms with van der Waals surface area (Å²) in [5, 5.41) is 24.2. The molecule has 0 N–H and O–H groups in total. The second-order valence-corrected chi connectivity index (χ2v) is 29.5. The fourth-order valence-corrected chi connectivity index (χ4v) is 17.3. The van der Waals surface area contributed by atoms with Crippen LogP contribution in [0.25, 0.3) is 214 Å². The van der Waals surface area contributed by atoms with E-state index in [1.54, 1.807) is 12.4 Å². The highest BCUT2D eigenvalue weighted by atomic mass is 35.5. The highest BCUT2D eigenvalue weighted by molar-refractivity contribution is 6.32. The highest BCUT2D eigenvalue weighted by Gasteiger charge is 2.25. The van der Waals surface area contributed by atoms with Gasteiger partial charge in [-0.05, 0) is 171 Å². The maximum atomic E-state index is 6.24. The van der Waals surface area contributed by atoms with Crippen molar-refractivity contribution in [3.05, 3.63) is 367 Å². The predicted molar refractivity (Wildman–Crippen MR) is 466 cm³/mol. The van der Waals surface area contributed by atoms with E-state index in [0.717, 1.165) is 128 Å². The third-order valence-electron chi connectivity index (χ3n) is 22.1. The van der Waals surface area contributed by atoms with E-state index in [9.17, 15) is 0 Å². The number of furan rings is 3. The first-order chi connectivity index (χ1) is 55.8. The van der Waals surface area contributed by atoms with Gasteiger partial charge in [0, 0.05) is 43.2 Å². The molecule has 25 rings (SSSR count). The fourth-order valence-electron chi connectivity index (χ4n) is 17.0. The average Bonchev–Trinajstić information content (AvgIpc) is 1.56. The van der Waals surface area contributed by atoms with Crippen molar-refractivity contribution in [1.82, 2.24) is 34.5 Å². The Bertz CT molecular complexity index is 7690. The Morgan fingerprint density at radius 1 is 0.265 bits per heavy atom. The van der Waals surface area contributed by atoms with Crippen LogP contribution in [0.2, 0.25) is 10.0 Å². The second-order valence-electron chi connectivity index (χ2n) is 28.6. The molecule has 0 bridgehead atoms. The predicted octanol–water partition coefficient (Wildman–Crippen LogP) is 27.9. The average molecular weight is 1490 g/mol. The molecule has 0 aliphatic heterocycles. The zero-order valence-electron chi connectivity index (χ0n) is 60.2. The van der Waals surface area contributed by atoms with Crippen LogP contribution in [0.1, 0.15) is 11.1 Å². The van der Waals surface area contributed by atoms with Crippen molar-refractivity contribution in [3.8, 4) is 50.6 Å². The normalized spacial score (nSPS) is 11.9. The molecule has 0 amide bonds. The fraction of sp³-hybridized carbons (Fsp3) is 0.00990. The number of fused-ring (bicyclic) bond motifs is 29. The summed E-state index contributed by atoms with van der Waals surface area (Å²) in [4.78, 5) is 28.4. The Hall–Kier alpha value is -14.4. The Kier molecular flexibility index (Phi) is 15.5. The van der Waals surface area contributed by atoms with Crippen LogP contribution in [0.5, 0.6) is 0 Å². The molecule has 0 saturated carbocycles. The van der Waals surface area contributed by atoms with Crippen LogP contribution in [0.4, 0.5) is 0 Å². The number of aromatic nitrogens is 7. The van der Waals surface area contributed by atoms with Gasteiger partial charge in [0.25, 0.3) is 0 Å². The molecule has 1 aliphatic carbocycles. The number of halogens is 2. The molecule has 10 nitrogen and oxygen atoms in total. The molecule has 0 spiro atoms. The highest BCUT2D eigenvalue weighted by Crippen LogP contribution is 2.47. The number of hydrogen-bond acceptors (Lipinski definition) is 9. The lowest BCUT2D eigenvalue weighted by Crippen LogP contribution is -1.95. The van der Waals surface area contributed by atoms with Gasteiger partial charge in [-0.2, -0.15) is 0 Å². The van der Waals surface area contributed by atoms with Crippen LogP contribution in [-0.4, -0.2) is 34.5 Å². The lowest BCUT2D eigenvalue weighted by molar-refractivity contribution is 0.653. The van der Waals surface area contributed by atoms with Crippen LogP contribution in [0.3, 0.4) is 0 Å². The standard InChI is InChI=1S/C40H23N3O.C21H14.2C20H11ClN2O/c1-4-13-29-24(8-1)16-19-33-36(29)37-30-14-5-2-9-25(30)17-20-34(37)43(33)28-12-7-11-27(22-28)32-23-41-39-38-31-15-6-3-10-26(31)18-21-35(38)44-40(39)42-32;1-3-7-18-14(5-1)9-11-16-13-17-12-10-15-6-2-4-8-19(15)21(17)20(16)18;2*21-14-6-3-5-13(10-14)16-11-22-19-18-15-7-2-1-4-12(15)8-9-17(18)24-20(19)23-16/h1-23H;1-12H,13H2;2*1-11H. The molecule has 0 radical (unpaired) electrons. The summed E-state index contributed by atoms with van der Waals surface area (Å²) in [6.07, 6.45) is 6.46. The number of nitrogens with zero attached hydrogens (tertiary/aromatic N) is 7. The SMILES string of the molecule is Clc1cccc(-c2cnc3c(n2)oc2ccc4ccccc4c23)c1.Clc1cccc(-c2cnc3c(n2)oc2ccc4ccccc4c23)c1.c1cc(-c2cnc3c(n2)oc2ccc4ccccc4c23)cc(-n2c3ccc4ccccc4c3c3c4ccccc4ccc32)c1.c1ccc2c3c(ccc2c1)Cc1ccc2ccccc2c1-3. The summed E-state index contributed by atoms with van der Waals surface area (Å²) in [7, 11) is 0. The smallest absolute Gasteiger partial charge is 0.246 e. The van der Waals surface area contributed by atoms with Gasteiger partial charge in [-0.3, -0.25) is 0 Å². The van der Waals surface area contributed by atoms with E-state index in [2.05, 4.69) is 255 Å². The van der Waals surface area contributed by atoms with Crippen molar-refractivity contribution in [2.24, 2.45) is 0 Å². The first-order valence-electron chi connectivity index (χ1n) is 37.5. The molecule has 1 aliphatic rings. The Morgan fingerprint density at radius 2 is 0.566 bits per heavy atom. The lowest BCUT2D eigenvalue weighted by Gasteiger charge is -2.10. The Labute approximate surface area is 654 Å². The van der Waals surface area contributed by atoms with E-state index < -0.39 is 0 Å². The van der Waals surface area contributed by atoms with Crippen LogP contribution in [0, 0.1) is 0 Å². The maximum Gasteiger partial charge on any atom is 0.246 e. The van der Waals surface area contributed by atoms with E-state index in [0.29, 0.717) is 27.2 Å². The van der Waals surface area contributed by atoms with Gasteiger partial charge in [-0.25, -0.2) is 29.9 Å². The van der Waals surface area contributed by atoms with Gasteiger partial charge in [0.05, 0.1) is 62.9 Å². The van der Waals surface area contributed by atoms with Gasteiger partial charge in [-0.15, -0.1) is 0 Å². The van der Waals surface area contributed by atoms with E-state index in [1.807, 2.05) is 103 Å². The summed E-state index contributed by atoms with van der Waals surface area (Å²) in [6, 6.07) is 113. The molecular formula is C101H59Cl2N7O3. The Balaban J connectivity index is 0.0000000972. The molecule has 113 heavy (non-hydrogen) atoms. The minimum absolute atomic E-state index is 0.541. The second kappa shape index (κ2) is 26.7. The summed E-state index contributed by atoms with van der Waals surface area (Å²) in [5.74, 6) is 0. The summed E-state index contributed by atoms with van der Waals surface area (Å²) in [5.41, 5.74) is 20.7. The van der Waals surface area contributed by atoms with Gasteiger partial charge in [0.15, 0.2) is 0 Å². The van der Waals surface area contributed by atoms with Crippen molar-refractivity contribution < 1.29 is 13.3 Å². The first-order valence-corrected chi connectivity index (χ1v) is 38.3. The molecule has 0 unspecified atom stereocenters. The zero-order valence-corrected chi connectivity index (χ0v) is 61.7. The van der Waals surface area contributed by atoms with Crippen LogP contribution < -0.4 is 0 Å². The van der Waals surface area contributed by atoms with Gasteiger partial charge < -0.3 is 17.8 Å². The van der Waals surface area contributed by atoms with Crippen LogP contribution >= 0.6 is 23.2 Å². The largest absolute Gasteiger partial charge is 0.436 e. The first kappa shape index (κ1) is 65.6. The molecule has 0 saturated heterocycles. The van der Waals surface area contributed by atoms with E-state index in [1.165, 1.54) is 87.1 Å². The van der Waals surface area contributed by atoms with Crippen molar-refractivity contribution >= 4 is 187 Å². The molecule has 0 atom stereocenters. The molecule has 7 heterocycles. The number of hydrogen-bond donors (Lipinski definition) is 0. The van der Waals surface area contributed by atoms with E-state index in [4.69, 9.17) is 46.4 Å². The van der Waals surface area contributed by atoms with Crippen molar-refractivity contribution in [1.29, 1.82) is 0 Å². The van der Waals surface area contributed by atoms with Crippen LogP contribution in [-0.2, 0) is 6.42 Å². The van der Waals surface area contributed by atoms with Crippen molar-refractivity contribution in [2.75, 3.05) is 0 Å². The topological polar surface area (TPSA) is 122 Å². The monoisotopic (exact) mass is 1490 g/mol. The maximum absolute atomic E-state index is 6.24. The molecule has 7 aromatic heterocycles. The quantitative estimate of drug-likeness (QED) is 0.170. The summed E-state index contributed by atoms with van der Waals surface area (Å²) < 4.78 is 20.5. The minimum atomic E-state index is 0.541. The molecule has 12 heteroatoms. The van der Waals surface area contributed by atoms with Gasteiger partial charge in [0.1, 0.15) is 33.3 Å². The van der Waals surface area contributed by atoms with Crippen molar-refractivity contribution in [3.63, 3.8) is 0 Å². The van der Waals surface area contributed by atoms with Gasteiger partial charge >= 0.3 is 0 Å². The Morgan fingerprint density at radius 3 is 0.929 bits per heavy atom. The summed E-state index contributed by atoms with van der Waals surface area (Å²) in [6.45, 7) is 0. The van der Waals surface area contributed by atoms with Gasteiger partial charge in [0.2, 0.25) is 17.1 Å². The van der Waals surface area contributed by atoms with E-state index in [-0.39, 0.29) is 0 Å². The summed E-state index contributed by atoms with van der Waals surface area (Å²) >= 11 is 12.1. The zero-order chi connectivity index (χ0) is 74.8. The van der Waals surface area contributed by atoms with E-state index >= 15 is 0 Å². The molecule has 530 valence electrons. The molecular weight excluding hydrogens is 1430 g/mol. The minimum Gasteiger partial charge on any atom is -0.436 e. The van der Waals surface area contributed by atoms with Gasteiger partial charge in [-0.1, -0.05) is 284 Å². The number of benzene rings is 17. The lowest BCUT2D eigenvalue weighted by atomic mass is 9.94.